The van der Waals surface area contributed by atoms with E-state index in [1.807, 2.05) is 37.3 Å². The van der Waals surface area contributed by atoms with Gasteiger partial charge in [-0.1, -0.05) is 18.2 Å². The maximum Gasteiger partial charge on any atom is 0.269 e. The Morgan fingerprint density at radius 1 is 1.11 bits per heavy atom. The molecule has 0 aliphatic rings. The van der Waals surface area contributed by atoms with Crippen LogP contribution in [-0.2, 0) is 0 Å². The molecular formula is C15H13N3O. The molecule has 2 N–H and O–H groups in total. The van der Waals surface area contributed by atoms with Crippen molar-refractivity contribution in [2.75, 3.05) is 5.43 Å². The fourth-order valence-electron chi connectivity index (χ4n) is 1.61. The molecule has 1 amide bonds. The van der Waals surface area contributed by atoms with Crippen LogP contribution in [0.15, 0.2) is 48.5 Å². The summed E-state index contributed by atoms with van der Waals surface area (Å²) in [6, 6.07) is 16.1. The Balaban J connectivity index is 2.02. The van der Waals surface area contributed by atoms with Crippen molar-refractivity contribution < 1.29 is 4.79 Å². The van der Waals surface area contributed by atoms with Gasteiger partial charge >= 0.3 is 0 Å². The molecule has 0 heterocycles. The van der Waals surface area contributed by atoms with Crippen LogP contribution in [0.4, 0.5) is 5.69 Å². The molecule has 0 atom stereocenters. The third-order valence-corrected chi connectivity index (χ3v) is 2.73. The molecule has 94 valence electrons. The first-order chi connectivity index (χ1) is 9.20. The minimum absolute atomic E-state index is 0.243. The summed E-state index contributed by atoms with van der Waals surface area (Å²) in [5, 5.41) is 8.69. The van der Waals surface area contributed by atoms with Gasteiger partial charge in [-0.3, -0.25) is 15.6 Å². The molecule has 0 unspecified atom stereocenters. The van der Waals surface area contributed by atoms with Gasteiger partial charge in [0.2, 0.25) is 0 Å². The molecule has 4 nitrogen and oxygen atoms in total. The van der Waals surface area contributed by atoms with E-state index < -0.39 is 0 Å². The Morgan fingerprint density at radius 3 is 2.42 bits per heavy atom. The lowest BCUT2D eigenvalue weighted by atomic mass is 10.1. The molecule has 0 bridgehead atoms. The van der Waals surface area contributed by atoms with Gasteiger partial charge in [-0.15, -0.1) is 0 Å². The summed E-state index contributed by atoms with van der Waals surface area (Å²) in [5.41, 5.74) is 8.42. The number of hydrazine groups is 1. The highest BCUT2D eigenvalue weighted by atomic mass is 16.2. The van der Waals surface area contributed by atoms with Crippen molar-refractivity contribution in [1.82, 2.24) is 5.43 Å². The fraction of sp³-hybridized carbons (Fsp3) is 0.0667. The second kappa shape index (κ2) is 5.69. The van der Waals surface area contributed by atoms with Crippen LogP contribution in [0.1, 0.15) is 21.5 Å². The number of nitrogens with zero attached hydrogens (tertiary/aromatic N) is 1. The number of anilines is 1. The van der Waals surface area contributed by atoms with E-state index >= 15 is 0 Å². The van der Waals surface area contributed by atoms with Gasteiger partial charge in [-0.05, 0) is 42.8 Å². The van der Waals surface area contributed by atoms with Crippen molar-refractivity contribution in [3.05, 3.63) is 65.2 Å². The predicted octanol–water partition coefficient (Wildman–Crippen LogP) is 2.62. The van der Waals surface area contributed by atoms with Crippen molar-refractivity contribution in [1.29, 1.82) is 5.26 Å². The van der Waals surface area contributed by atoms with Crippen LogP contribution in [-0.4, -0.2) is 5.91 Å². The van der Waals surface area contributed by atoms with Gasteiger partial charge in [0.25, 0.3) is 5.91 Å². The van der Waals surface area contributed by atoms with Gasteiger partial charge in [0.05, 0.1) is 17.3 Å². The lowest BCUT2D eigenvalue weighted by Gasteiger charge is -2.10. The number of aryl methyl sites for hydroxylation is 1. The van der Waals surface area contributed by atoms with E-state index in [2.05, 4.69) is 10.9 Å². The van der Waals surface area contributed by atoms with Gasteiger partial charge < -0.3 is 0 Å². The maximum atomic E-state index is 11.9. The number of hydrogen-bond donors (Lipinski definition) is 2. The summed E-state index contributed by atoms with van der Waals surface area (Å²) < 4.78 is 0. The Morgan fingerprint density at radius 2 is 1.79 bits per heavy atom. The van der Waals surface area contributed by atoms with Gasteiger partial charge in [0, 0.05) is 5.56 Å². The molecule has 4 heteroatoms. The smallest absolute Gasteiger partial charge is 0.269 e. The highest BCUT2D eigenvalue weighted by Gasteiger charge is 2.05. The first-order valence-electron chi connectivity index (χ1n) is 5.83. The molecule has 0 aliphatic carbocycles. The number of para-hydroxylation sites is 1. The van der Waals surface area contributed by atoms with Crippen molar-refractivity contribution in [3.63, 3.8) is 0 Å². The summed E-state index contributed by atoms with van der Waals surface area (Å²) in [6.45, 7) is 1.95. The van der Waals surface area contributed by atoms with Crippen molar-refractivity contribution in [2.24, 2.45) is 0 Å². The fourth-order valence-corrected chi connectivity index (χ4v) is 1.61. The number of carbonyl (C=O) groups excluding carboxylic acids is 1. The molecular weight excluding hydrogens is 238 g/mol. The molecule has 0 saturated carbocycles. The van der Waals surface area contributed by atoms with Gasteiger partial charge in [0.15, 0.2) is 0 Å². The number of carbonyl (C=O) groups is 1. The lowest BCUT2D eigenvalue weighted by molar-refractivity contribution is 0.0962. The quantitative estimate of drug-likeness (QED) is 0.824. The van der Waals surface area contributed by atoms with Crippen molar-refractivity contribution in [2.45, 2.75) is 6.92 Å². The van der Waals surface area contributed by atoms with E-state index in [0.717, 1.165) is 11.3 Å². The van der Waals surface area contributed by atoms with E-state index in [4.69, 9.17) is 5.26 Å². The normalized spacial score (nSPS) is 9.47. The van der Waals surface area contributed by atoms with Gasteiger partial charge in [0.1, 0.15) is 0 Å². The first-order valence-corrected chi connectivity index (χ1v) is 5.83. The molecule has 0 spiro atoms. The number of hydrogen-bond acceptors (Lipinski definition) is 3. The third kappa shape index (κ3) is 3.11. The van der Waals surface area contributed by atoms with Crippen molar-refractivity contribution in [3.8, 4) is 6.07 Å². The van der Waals surface area contributed by atoms with Crippen LogP contribution in [0.2, 0.25) is 0 Å². The number of amides is 1. The van der Waals surface area contributed by atoms with Crippen LogP contribution in [0.3, 0.4) is 0 Å². The molecule has 2 rings (SSSR count). The van der Waals surface area contributed by atoms with E-state index in [9.17, 15) is 4.79 Å². The standard InChI is InChI=1S/C15H13N3O/c1-11-4-2-3-5-14(11)17-18-15(19)13-8-6-12(10-16)7-9-13/h2-9,17H,1H3,(H,18,19). The predicted molar refractivity (Wildman–Crippen MR) is 73.4 cm³/mol. The molecule has 0 aliphatic heterocycles. The highest BCUT2D eigenvalue weighted by molar-refractivity contribution is 5.95. The number of nitrogens with one attached hydrogen (secondary N) is 2. The summed E-state index contributed by atoms with van der Waals surface area (Å²) in [7, 11) is 0. The average molecular weight is 251 g/mol. The zero-order valence-electron chi connectivity index (χ0n) is 10.5. The first kappa shape index (κ1) is 12.7. The highest BCUT2D eigenvalue weighted by Crippen LogP contribution is 2.11. The molecule has 0 radical (unpaired) electrons. The zero-order chi connectivity index (χ0) is 13.7. The molecule has 2 aromatic carbocycles. The lowest BCUT2D eigenvalue weighted by Crippen LogP contribution is -2.29. The van der Waals surface area contributed by atoms with Crippen LogP contribution in [0.25, 0.3) is 0 Å². The van der Waals surface area contributed by atoms with Crippen LogP contribution >= 0.6 is 0 Å². The Hall–Kier alpha value is -2.80. The molecule has 0 saturated heterocycles. The summed E-state index contributed by atoms with van der Waals surface area (Å²) in [6.07, 6.45) is 0. The minimum Gasteiger partial charge on any atom is -0.298 e. The average Bonchev–Trinajstić information content (AvgIpc) is 2.46. The van der Waals surface area contributed by atoms with E-state index in [1.165, 1.54) is 0 Å². The van der Waals surface area contributed by atoms with Crippen molar-refractivity contribution >= 4 is 11.6 Å². The SMILES string of the molecule is Cc1ccccc1NNC(=O)c1ccc(C#N)cc1. The topological polar surface area (TPSA) is 64.9 Å². The third-order valence-electron chi connectivity index (χ3n) is 2.73. The molecule has 19 heavy (non-hydrogen) atoms. The van der Waals surface area contributed by atoms with Gasteiger partial charge in [-0.2, -0.15) is 5.26 Å². The Kier molecular flexibility index (Phi) is 3.79. The summed E-state index contributed by atoms with van der Waals surface area (Å²) >= 11 is 0. The number of benzene rings is 2. The minimum atomic E-state index is -0.243. The number of rotatable bonds is 3. The molecule has 2 aromatic rings. The maximum absolute atomic E-state index is 11.9. The zero-order valence-corrected chi connectivity index (χ0v) is 10.5. The van der Waals surface area contributed by atoms with Crippen LogP contribution in [0, 0.1) is 18.3 Å². The Labute approximate surface area is 111 Å². The monoisotopic (exact) mass is 251 g/mol. The molecule has 0 fully saturated rings. The van der Waals surface area contributed by atoms with Crippen LogP contribution in [0.5, 0.6) is 0 Å². The van der Waals surface area contributed by atoms with E-state index in [-0.39, 0.29) is 5.91 Å². The summed E-state index contributed by atoms with van der Waals surface area (Å²) in [4.78, 5) is 11.9. The Bertz CT molecular complexity index is 627. The second-order valence-corrected chi connectivity index (χ2v) is 4.08. The molecule has 0 aromatic heterocycles. The largest absolute Gasteiger partial charge is 0.298 e. The second-order valence-electron chi connectivity index (χ2n) is 4.08. The van der Waals surface area contributed by atoms with Crippen LogP contribution < -0.4 is 10.9 Å². The summed E-state index contributed by atoms with van der Waals surface area (Å²) in [5.74, 6) is -0.243. The van der Waals surface area contributed by atoms with Gasteiger partial charge in [-0.25, -0.2) is 0 Å². The van der Waals surface area contributed by atoms with E-state index in [0.29, 0.717) is 11.1 Å². The van der Waals surface area contributed by atoms with E-state index in [1.54, 1.807) is 24.3 Å². The number of nitriles is 1.